The van der Waals surface area contributed by atoms with Crippen molar-refractivity contribution in [1.82, 2.24) is 9.80 Å². The summed E-state index contributed by atoms with van der Waals surface area (Å²) < 4.78 is 69.9. The quantitative estimate of drug-likeness (QED) is 0.484. The van der Waals surface area contributed by atoms with E-state index in [1.54, 1.807) is 6.07 Å². The van der Waals surface area contributed by atoms with Crippen LogP contribution in [0.15, 0.2) is 39.5 Å². The second-order valence-corrected chi connectivity index (χ2v) is 8.90. The lowest BCUT2D eigenvalue weighted by Crippen LogP contribution is -2.43. The predicted molar refractivity (Wildman–Crippen MR) is 129 cm³/mol. The van der Waals surface area contributed by atoms with Gasteiger partial charge in [0.2, 0.25) is 11.2 Å². The molecule has 1 aromatic heterocycles. The van der Waals surface area contributed by atoms with Crippen LogP contribution in [0.25, 0.3) is 22.1 Å². The van der Waals surface area contributed by atoms with E-state index >= 15 is 0 Å². The number of methoxy groups -OCH3 is 2. The molecule has 0 spiro atoms. The molecule has 0 saturated carbocycles. The molecule has 0 N–H and O–H groups in total. The normalized spacial score (nSPS) is 16.9. The number of benzene rings is 2. The number of fused-ring (bicyclic) bond motifs is 3. The van der Waals surface area contributed by atoms with Gasteiger partial charge in [-0.05, 0) is 29.8 Å². The van der Waals surface area contributed by atoms with E-state index in [0.29, 0.717) is 50.1 Å². The lowest BCUT2D eigenvalue weighted by atomic mass is 9.99. The van der Waals surface area contributed by atoms with Crippen molar-refractivity contribution in [2.24, 2.45) is 0 Å². The highest BCUT2D eigenvalue weighted by Crippen LogP contribution is 2.41. The summed E-state index contributed by atoms with van der Waals surface area (Å²) in [5.74, 6) is -0.433. The first-order valence-electron chi connectivity index (χ1n) is 11.9. The van der Waals surface area contributed by atoms with Gasteiger partial charge >= 0.3 is 6.18 Å². The molecule has 5 rings (SSSR count). The van der Waals surface area contributed by atoms with Crippen LogP contribution in [0.3, 0.4) is 0 Å². The number of halogens is 3. The van der Waals surface area contributed by atoms with E-state index in [1.807, 2.05) is 4.90 Å². The maximum absolute atomic E-state index is 14.3. The first kappa shape index (κ1) is 25.4. The fourth-order valence-electron chi connectivity index (χ4n) is 4.72. The van der Waals surface area contributed by atoms with Crippen LogP contribution in [0.2, 0.25) is 0 Å². The fourth-order valence-corrected chi connectivity index (χ4v) is 4.72. The Balaban J connectivity index is 1.57. The molecule has 0 aliphatic carbocycles. The molecule has 11 heteroatoms. The van der Waals surface area contributed by atoms with Gasteiger partial charge in [0.15, 0.2) is 11.5 Å². The van der Waals surface area contributed by atoms with E-state index < -0.39 is 22.9 Å². The molecular weight excluding hydrogens is 493 g/mol. The van der Waals surface area contributed by atoms with E-state index in [0.717, 1.165) is 19.6 Å². The lowest BCUT2D eigenvalue weighted by Gasteiger charge is -2.32. The van der Waals surface area contributed by atoms with Crippen molar-refractivity contribution in [2.45, 2.75) is 12.7 Å². The number of hydrogen-bond acceptors (Lipinski definition) is 8. The topological polar surface area (TPSA) is 73.6 Å². The van der Waals surface area contributed by atoms with Crippen LogP contribution in [0.4, 0.5) is 13.2 Å². The van der Waals surface area contributed by atoms with E-state index in [1.165, 1.54) is 38.5 Å². The summed E-state index contributed by atoms with van der Waals surface area (Å²) in [5, 5.41) is 0.0511. The summed E-state index contributed by atoms with van der Waals surface area (Å²) in [6.45, 7) is 5.03. The number of alkyl halides is 3. The largest absolute Gasteiger partial charge is 0.493 e. The highest BCUT2D eigenvalue weighted by Gasteiger charge is 2.40. The maximum Gasteiger partial charge on any atom is 0.450 e. The predicted octanol–water partition coefficient (Wildman–Crippen LogP) is 3.98. The molecule has 0 radical (unpaired) electrons. The van der Waals surface area contributed by atoms with Gasteiger partial charge < -0.3 is 23.4 Å². The molecule has 1 saturated heterocycles. The summed E-state index contributed by atoms with van der Waals surface area (Å²) in [5.41, 5.74) is -1.04. The molecule has 0 amide bonds. The fraction of sp³-hybridized carbons (Fsp3) is 0.423. The molecule has 2 aliphatic heterocycles. The molecule has 1 fully saturated rings. The minimum absolute atomic E-state index is 0.0155. The van der Waals surface area contributed by atoms with Gasteiger partial charge in [0.25, 0.3) is 0 Å². The number of nitrogens with zero attached hydrogens (tertiary/aromatic N) is 2. The van der Waals surface area contributed by atoms with Gasteiger partial charge in [0.05, 0.1) is 43.9 Å². The van der Waals surface area contributed by atoms with E-state index in [4.69, 9.17) is 23.4 Å². The van der Waals surface area contributed by atoms with Gasteiger partial charge in [0.1, 0.15) is 18.1 Å². The number of ether oxygens (including phenoxy) is 4. The molecule has 2 aliphatic rings. The Hall–Kier alpha value is -3.28. The van der Waals surface area contributed by atoms with Gasteiger partial charge in [0, 0.05) is 32.7 Å². The van der Waals surface area contributed by atoms with Crippen LogP contribution in [0.5, 0.6) is 17.2 Å². The molecule has 8 nitrogen and oxygen atoms in total. The highest BCUT2D eigenvalue weighted by molar-refractivity contribution is 5.87. The highest BCUT2D eigenvalue weighted by atomic mass is 19.4. The van der Waals surface area contributed by atoms with Crippen molar-refractivity contribution in [3.8, 4) is 28.4 Å². The van der Waals surface area contributed by atoms with Crippen LogP contribution in [-0.4, -0.2) is 70.1 Å². The Bertz CT molecular complexity index is 1350. The van der Waals surface area contributed by atoms with E-state index in [9.17, 15) is 18.0 Å². The zero-order chi connectivity index (χ0) is 26.2. The summed E-state index contributed by atoms with van der Waals surface area (Å²) in [6, 6.07) is 7.23. The van der Waals surface area contributed by atoms with Gasteiger partial charge in [-0.1, -0.05) is 6.07 Å². The van der Waals surface area contributed by atoms with Crippen LogP contribution in [0, 0.1) is 0 Å². The average molecular weight is 521 g/mol. The minimum atomic E-state index is -4.91. The first-order valence-corrected chi connectivity index (χ1v) is 11.9. The molecule has 37 heavy (non-hydrogen) atoms. The molecule has 0 atom stereocenters. The van der Waals surface area contributed by atoms with Crippen LogP contribution in [0.1, 0.15) is 11.3 Å². The number of morpholine rings is 1. The third kappa shape index (κ3) is 4.98. The standard InChI is InChI=1S/C26H27F3N2O6/c1-33-20-5-3-16(13-21(20)34-2)22-23(32)17-4-6-19-18(24(17)37-25(22)26(27,28)29)14-31(15-36-19)8-7-30-9-11-35-12-10-30/h3-6,13H,7-12,14-15H2,1-2H3. The van der Waals surface area contributed by atoms with Gasteiger partial charge in [-0.2, -0.15) is 13.2 Å². The van der Waals surface area contributed by atoms with Crippen molar-refractivity contribution in [2.75, 3.05) is 60.3 Å². The van der Waals surface area contributed by atoms with Gasteiger partial charge in [-0.25, -0.2) is 0 Å². The summed E-state index contributed by atoms with van der Waals surface area (Å²) in [7, 11) is 2.78. The monoisotopic (exact) mass is 520 g/mol. The van der Waals surface area contributed by atoms with Gasteiger partial charge in [-0.15, -0.1) is 0 Å². The average Bonchev–Trinajstić information content (AvgIpc) is 2.91. The SMILES string of the molecule is COc1ccc(-c2c(C(F)(F)F)oc3c4c(ccc3c2=O)OCN(CCN2CCOCC2)C4)cc1OC. The first-order chi connectivity index (χ1) is 17.8. The Morgan fingerprint density at radius 2 is 1.70 bits per heavy atom. The van der Waals surface area contributed by atoms with Crippen LogP contribution < -0.4 is 19.6 Å². The smallest absolute Gasteiger partial charge is 0.450 e. The summed E-state index contributed by atoms with van der Waals surface area (Å²) in [6.07, 6.45) is -4.91. The summed E-state index contributed by atoms with van der Waals surface area (Å²) >= 11 is 0. The van der Waals surface area contributed by atoms with Crippen molar-refractivity contribution >= 4 is 11.0 Å². The minimum Gasteiger partial charge on any atom is -0.493 e. The van der Waals surface area contributed by atoms with Crippen molar-refractivity contribution < 1.29 is 36.5 Å². The molecular formula is C26H27F3N2O6. The van der Waals surface area contributed by atoms with Crippen LogP contribution >= 0.6 is 0 Å². The summed E-state index contributed by atoms with van der Waals surface area (Å²) in [4.78, 5) is 17.8. The molecule has 3 aromatic rings. The third-order valence-corrected chi connectivity index (χ3v) is 6.67. The second-order valence-electron chi connectivity index (χ2n) is 8.90. The van der Waals surface area contributed by atoms with Crippen molar-refractivity contribution in [1.29, 1.82) is 0 Å². The molecule has 0 bridgehead atoms. The van der Waals surface area contributed by atoms with Gasteiger partial charge in [-0.3, -0.25) is 14.6 Å². The molecule has 198 valence electrons. The number of hydrogen-bond donors (Lipinski definition) is 0. The second kappa shape index (κ2) is 10.2. The van der Waals surface area contributed by atoms with Crippen LogP contribution in [-0.2, 0) is 17.5 Å². The zero-order valence-electron chi connectivity index (χ0n) is 20.5. The Kier molecular flexibility index (Phi) is 7.02. The molecule has 3 heterocycles. The van der Waals surface area contributed by atoms with E-state index in [-0.39, 0.29) is 22.3 Å². The zero-order valence-corrected chi connectivity index (χ0v) is 20.5. The Morgan fingerprint density at radius 1 is 0.973 bits per heavy atom. The molecule has 0 unspecified atom stereocenters. The third-order valence-electron chi connectivity index (χ3n) is 6.67. The maximum atomic E-state index is 14.3. The molecule has 2 aromatic carbocycles. The number of rotatable bonds is 6. The Labute approximate surface area is 211 Å². The van der Waals surface area contributed by atoms with Crippen molar-refractivity contribution in [3.63, 3.8) is 0 Å². The van der Waals surface area contributed by atoms with Crippen molar-refractivity contribution in [3.05, 3.63) is 51.9 Å². The Morgan fingerprint density at radius 3 is 2.41 bits per heavy atom. The lowest BCUT2D eigenvalue weighted by molar-refractivity contribution is -0.152. The van der Waals surface area contributed by atoms with E-state index in [2.05, 4.69) is 4.90 Å².